The SMILES string of the molecule is CCOc1ccc(/C=C2/N=C(c3ccc(C(C)(C)C)cc3)OC2=O)c(OCC)c1. The van der Waals surface area contributed by atoms with Crippen LogP contribution in [0.3, 0.4) is 0 Å². The highest BCUT2D eigenvalue weighted by Gasteiger charge is 2.25. The second kappa shape index (κ2) is 8.52. The molecule has 5 nitrogen and oxygen atoms in total. The third-order valence-corrected chi connectivity index (χ3v) is 4.51. The summed E-state index contributed by atoms with van der Waals surface area (Å²) in [7, 11) is 0. The molecule has 0 amide bonds. The summed E-state index contributed by atoms with van der Waals surface area (Å²) in [5.74, 6) is 1.19. The second-order valence-corrected chi connectivity index (χ2v) is 7.73. The van der Waals surface area contributed by atoms with Crippen molar-refractivity contribution >= 4 is 17.9 Å². The summed E-state index contributed by atoms with van der Waals surface area (Å²) >= 11 is 0. The maximum atomic E-state index is 12.4. The lowest BCUT2D eigenvalue weighted by atomic mass is 9.87. The van der Waals surface area contributed by atoms with E-state index in [2.05, 4.69) is 25.8 Å². The Morgan fingerprint density at radius 1 is 1.00 bits per heavy atom. The fourth-order valence-electron chi connectivity index (χ4n) is 2.96. The first-order valence-corrected chi connectivity index (χ1v) is 9.85. The molecule has 0 aliphatic carbocycles. The molecular formula is C24H27NO4. The van der Waals surface area contributed by atoms with Crippen LogP contribution < -0.4 is 9.47 Å². The molecule has 0 saturated carbocycles. The summed E-state index contributed by atoms with van der Waals surface area (Å²) in [5, 5.41) is 0. The van der Waals surface area contributed by atoms with E-state index in [1.165, 1.54) is 5.56 Å². The van der Waals surface area contributed by atoms with Gasteiger partial charge < -0.3 is 14.2 Å². The molecule has 0 aromatic heterocycles. The summed E-state index contributed by atoms with van der Waals surface area (Å²) in [6.45, 7) is 11.4. The van der Waals surface area contributed by atoms with Crippen molar-refractivity contribution in [2.24, 2.45) is 4.99 Å². The summed E-state index contributed by atoms with van der Waals surface area (Å²) in [6.07, 6.45) is 1.68. The standard InChI is InChI=1S/C24H27NO4/c1-6-27-19-13-10-17(21(15-19)28-7-2)14-20-23(26)29-22(25-20)16-8-11-18(12-9-16)24(3,4)5/h8-15H,6-7H2,1-5H3/b20-14+. The zero-order valence-corrected chi connectivity index (χ0v) is 17.6. The van der Waals surface area contributed by atoms with Crippen molar-refractivity contribution in [3.63, 3.8) is 0 Å². The summed E-state index contributed by atoms with van der Waals surface area (Å²) in [4.78, 5) is 16.8. The van der Waals surface area contributed by atoms with E-state index >= 15 is 0 Å². The highest BCUT2D eigenvalue weighted by atomic mass is 16.6. The first-order chi connectivity index (χ1) is 13.8. The zero-order chi connectivity index (χ0) is 21.0. The predicted octanol–water partition coefficient (Wildman–Crippen LogP) is 5.13. The fraction of sp³-hybridized carbons (Fsp3) is 0.333. The molecule has 1 heterocycles. The van der Waals surface area contributed by atoms with Gasteiger partial charge in [-0.2, -0.15) is 0 Å². The predicted molar refractivity (Wildman–Crippen MR) is 115 cm³/mol. The number of nitrogens with zero attached hydrogens (tertiary/aromatic N) is 1. The molecular weight excluding hydrogens is 366 g/mol. The van der Waals surface area contributed by atoms with E-state index in [0.29, 0.717) is 24.9 Å². The first-order valence-electron chi connectivity index (χ1n) is 9.85. The van der Waals surface area contributed by atoms with Gasteiger partial charge in [-0.3, -0.25) is 0 Å². The average molecular weight is 393 g/mol. The number of carbonyl (C=O) groups is 1. The van der Waals surface area contributed by atoms with Crippen molar-refractivity contribution in [3.8, 4) is 11.5 Å². The number of hydrogen-bond acceptors (Lipinski definition) is 5. The van der Waals surface area contributed by atoms with E-state index in [9.17, 15) is 4.79 Å². The number of benzene rings is 2. The second-order valence-electron chi connectivity index (χ2n) is 7.73. The molecule has 0 fully saturated rings. The Kier molecular flexibility index (Phi) is 6.06. The lowest BCUT2D eigenvalue weighted by Crippen LogP contribution is -2.11. The van der Waals surface area contributed by atoms with Crippen molar-refractivity contribution in [2.75, 3.05) is 13.2 Å². The molecule has 0 bridgehead atoms. The Labute approximate surface area is 172 Å². The van der Waals surface area contributed by atoms with E-state index in [0.717, 1.165) is 16.9 Å². The number of cyclic esters (lactones) is 1. The van der Waals surface area contributed by atoms with Crippen molar-refractivity contribution in [3.05, 3.63) is 64.9 Å². The third kappa shape index (κ3) is 4.86. The molecule has 152 valence electrons. The molecule has 0 atom stereocenters. The molecule has 0 saturated heterocycles. The van der Waals surface area contributed by atoms with Gasteiger partial charge in [0.25, 0.3) is 0 Å². The van der Waals surface area contributed by atoms with Gasteiger partial charge in [0.1, 0.15) is 11.5 Å². The van der Waals surface area contributed by atoms with Crippen LogP contribution in [0.15, 0.2) is 53.2 Å². The molecule has 1 aliphatic heterocycles. The van der Waals surface area contributed by atoms with Crippen LogP contribution in [0.2, 0.25) is 0 Å². The van der Waals surface area contributed by atoms with Crippen LogP contribution in [-0.2, 0) is 14.9 Å². The largest absolute Gasteiger partial charge is 0.494 e. The van der Waals surface area contributed by atoms with Crippen molar-refractivity contribution in [2.45, 2.75) is 40.0 Å². The van der Waals surface area contributed by atoms with E-state index in [-0.39, 0.29) is 11.1 Å². The molecule has 0 radical (unpaired) electrons. The maximum Gasteiger partial charge on any atom is 0.363 e. The lowest BCUT2D eigenvalue weighted by molar-refractivity contribution is -0.129. The van der Waals surface area contributed by atoms with Crippen LogP contribution in [0, 0.1) is 0 Å². The van der Waals surface area contributed by atoms with Crippen molar-refractivity contribution in [1.29, 1.82) is 0 Å². The molecule has 0 unspecified atom stereocenters. The monoisotopic (exact) mass is 393 g/mol. The molecule has 2 aromatic carbocycles. The molecule has 0 N–H and O–H groups in total. The highest BCUT2D eigenvalue weighted by Crippen LogP contribution is 2.29. The Hall–Kier alpha value is -3.08. The van der Waals surface area contributed by atoms with Crippen LogP contribution in [-0.4, -0.2) is 25.1 Å². The number of hydrogen-bond donors (Lipinski definition) is 0. The van der Waals surface area contributed by atoms with E-state index in [1.807, 2.05) is 56.3 Å². The summed E-state index contributed by atoms with van der Waals surface area (Å²) < 4.78 is 16.6. The van der Waals surface area contributed by atoms with Gasteiger partial charge in [0.15, 0.2) is 5.70 Å². The minimum Gasteiger partial charge on any atom is -0.494 e. The minimum atomic E-state index is -0.476. The van der Waals surface area contributed by atoms with Crippen LogP contribution >= 0.6 is 0 Å². The van der Waals surface area contributed by atoms with Gasteiger partial charge in [0, 0.05) is 17.2 Å². The topological polar surface area (TPSA) is 57.1 Å². The maximum absolute atomic E-state index is 12.4. The normalized spacial score (nSPS) is 15.3. The van der Waals surface area contributed by atoms with Gasteiger partial charge in [0.05, 0.1) is 13.2 Å². The van der Waals surface area contributed by atoms with Gasteiger partial charge in [-0.15, -0.1) is 0 Å². The van der Waals surface area contributed by atoms with E-state index in [4.69, 9.17) is 14.2 Å². The Morgan fingerprint density at radius 3 is 2.31 bits per heavy atom. The number of carbonyl (C=O) groups excluding carboxylic acids is 1. The zero-order valence-electron chi connectivity index (χ0n) is 17.6. The molecule has 0 spiro atoms. The molecule has 2 aromatic rings. The van der Waals surface area contributed by atoms with Gasteiger partial charge in [-0.1, -0.05) is 32.9 Å². The Balaban J connectivity index is 1.90. The van der Waals surface area contributed by atoms with Crippen LogP contribution in [0.1, 0.15) is 51.3 Å². The van der Waals surface area contributed by atoms with Crippen LogP contribution in [0.4, 0.5) is 0 Å². The summed E-state index contributed by atoms with van der Waals surface area (Å²) in [5.41, 5.74) is 3.02. The quantitative estimate of drug-likeness (QED) is 0.504. The van der Waals surface area contributed by atoms with Crippen molar-refractivity contribution in [1.82, 2.24) is 0 Å². The minimum absolute atomic E-state index is 0.0566. The highest BCUT2D eigenvalue weighted by molar-refractivity contribution is 6.13. The van der Waals surface area contributed by atoms with Gasteiger partial charge in [-0.05, 0) is 55.2 Å². The Bertz CT molecular complexity index is 950. The number of ether oxygens (including phenoxy) is 3. The van der Waals surface area contributed by atoms with Crippen molar-refractivity contribution < 1.29 is 19.0 Å². The van der Waals surface area contributed by atoms with Gasteiger partial charge in [0.2, 0.25) is 5.90 Å². The molecule has 3 rings (SSSR count). The summed E-state index contributed by atoms with van der Waals surface area (Å²) in [6, 6.07) is 13.4. The number of aliphatic imine (C=N–C) groups is 1. The fourth-order valence-corrected chi connectivity index (χ4v) is 2.96. The molecule has 29 heavy (non-hydrogen) atoms. The Morgan fingerprint density at radius 2 is 1.69 bits per heavy atom. The number of esters is 1. The van der Waals surface area contributed by atoms with Gasteiger partial charge >= 0.3 is 5.97 Å². The van der Waals surface area contributed by atoms with E-state index in [1.54, 1.807) is 6.08 Å². The van der Waals surface area contributed by atoms with Crippen LogP contribution in [0.5, 0.6) is 11.5 Å². The van der Waals surface area contributed by atoms with E-state index < -0.39 is 5.97 Å². The lowest BCUT2D eigenvalue weighted by Gasteiger charge is -2.18. The average Bonchev–Trinajstić information content (AvgIpc) is 3.04. The molecule has 5 heteroatoms. The number of rotatable bonds is 6. The van der Waals surface area contributed by atoms with Gasteiger partial charge in [-0.25, -0.2) is 9.79 Å². The molecule has 1 aliphatic rings. The first kappa shape index (κ1) is 20.6. The van der Waals surface area contributed by atoms with Crippen LogP contribution in [0.25, 0.3) is 6.08 Å². The smallest absolute Gasteiger partial charge is 0.363 e. The third-order valence-electron chi connectivity index (χ3n) is 4.51.